The molecule has 2 amide bonds. The molecule has 7 nitrogen and oxygen atoms in total. The first-order valence-corrected chi connectivity index (χ1v) is 7.89. The lowest BCUT2D eigenvalue weighted by Crippen LogP contribution is -2.52. The van der Waals surface area contributed by atoms with Gasteiger partial charge in [-0.15, -0.1) is 0 Å². The zero-order valence-electron chi connectivity index (χ0n) is 12.8. The minimum Gasteiger partial charge on any atom is -0.481 e. The highest BCUT2D eigenvalue weighted by Crippen LogP contribution is 2.45. The van der Waals surface area contributed by atoms with Gasteiger partial charge in [0, 0.05) is 13.1 Å². The lowest BCUT2D eigenvalue weighted by molar-refractivity contribution is -0.143. The van der Waals surface area contributed by atoms with Crippen molar-refractivity contribution >= 4 is 17.8 Å². The van der Waals surface area contributed by atoms with Crippen LogP contribution in [0.2, 0.25) is 0 Å². The van der Waals surface area contributed by atoms with E-state index in [2.05, 4.69) is 5.32 Å². The van der Waals surface area contributed by atoms with Gasteiger partial charge >= 0.3 is 5.97 Å². The molecule has 0 bridgehead atoms. The molecule has 3 rings (SSSR count). The number of hydrogen-bond donors (Lipinski definition) is 2. The number of likely N-dealkylation sites (tertiary alicyclic amines) is 1. The Labute approximate surface area is 133 Å². The summed E-state index contributed by atoms with van der Waals surface area (Å²) in [6.07, 6.45) is 4.89. The number of nitrogens with zero attached hydrogens (tertiary/aromatic N) is 1. The number of carboxylic acid groups (broad SMARTS) is 1. The molecule has 1 aliphatic carbocycles. The summed E-state index contributed by atoms with van der Waals surface area (Å²) in [6.45, 7) is 0.627. The van der Waals surface area contributed by atoms with Crippen molar-refractivity contribution < 1.29 is 23.9 Å². The van der Waals surface area contributed by atoms with Crippen LogP contribution in [-0.4, -0.2) is 46.9 Å². The number of aliphatic carboxylic acids is 1. The Morgan fingerprint density at radius 3 is 2.74 bits per heavy atom. The molecule has 0 aromatic carbocycles. The third kappa shape index (κ3) is 3.09. The highest BCUT2D eigenvalue weighted by molar-refractivity contribution is 5.95. The van der Waals surface area contributed by atoms with Crippen LogP contribution >= 0.6 is 0 Å². The van der Waals surface area contributed by atoms with Crippen molar-refractivity contribution in [3.05, 3.63) is 24.2 Å². The first-order chi connectivity index (χ1) is 11.0. The van der Waals surface area contributed by atoms with Crippen LogP contribution in [0.5, 0.6) is 0 Å². The molecule has 1 aromatic heterocycles. The predicted molar refractivity (Wildman–Crippen MR) is 79.7 cm³/mol. The van der Waals surface area contributed by atoms with E-state index in [1.165, 1.54) is 11.2 Å². The third-order valence-electron chi connectivity index (χ3n) is 4.71. The Balaban J connectivity index is 1.65. The van der Waals surface area contributed by atoms with Crippen LogP contribution in [0.1, 0.15) is 42.7 Å². The number of hydrogen-bond acceptors (Lipinski definition) is 4. The summed E-state index contributed by atoms with van der Waals surface area (Å²) >= 11 is 0. The van der Waals surface area contributed by atoms with Crippen LogP contribution in [0.3, 0.4) is 0 Å². The fraction of sp³-hybridized carbons (Fsp3) is 0.562. The van der Waals surface area contributed by atoms with Gasteiger partial charge in [0.15, 0.2) is 5.76 Å². The van der Waals surface area contributed by atoms with Crippen LogP contribution in [-0.2, 0) is 9.59 Å². The minimum atomic E-state index is -0.870. The van der Waals surface area contributed by atoms with E-state index >= 15 is 0 Å². The predicted octanol–water partition coefficient (Wildman–Crippen LogP) is 1.26. The molecule has 1 atom stereocenters. The van der Waals surface area contributed by atoms with Crippen molar-refractivity contribution in [2.45, 2.75) is 38.1 Å². The van der Waals surface area contributed by atoms with Gasteiger partial charge in [0.05, 0.1) is 11.7 Å². The minimum absolute atomic E-state index is 0.125. The van der Waals surface area contributed by atoms with Crippen molar-refractivity contribution in [2.24, 2.45) is 5.41 Å². The van der Waals surface area contributed by atoms with Crippen molar-refractivity contribution in [3.63, 3.8) is 0 Å². The maximum Gasteiger partial charge on any atom is 0.311 e. The largest absolute Gasteiger partial charge is 0.481 e. The molecule has 2 heterocycles. The van der Waals surface area contributed by atoms with Crippen molar-refractivity contribution in [3.8, 4) is 0 Å². The van der Waals surface area contributed by atoms with Crippen molar-refractivity contribution in [2.75, 3.05) is 13.1 Å². The maximum absolute atomic E-state index is 12.5. The molecule has 1 saturated carbocycles. The average molecular weight is 320 g/mol. The molecular weight excluding hydrogens is 300 g/mol. The smallest absolute Gasteiger partial charge is 0.311 e. The van der Waals surface area contributed by atoms with Crippen LogP contribution < -0.4 is 5.32 Å². The van der Waals surface area contributed by atoms with Gasteiger partial charge in [-0.25, -0.2) is 0 Å². The molecule has 2 N–H and O–H groups in total. The number of amides is 2. The highest BCUT2D eigenvalue weighted by atomic mass is 16.4. The van der Waals surface area contributed by atoms with Gasteiger partial charge in [-0.1, -0.05) is 0 Å². The maximum atomic E-state index is 12.5. The number of furan rings is 1. The normalized spacial score (nSPS) is 22.4. The van der Waals surface area contributed by atoms with E-state index in [0.717, 1.165) is 12.8 Å². The number of rotatable bonds is 5. The average Bonchev–Trinajstić information content (AvgIpc) is 3.17. The molecule has 1 unspecified atom stereocenters. The number of nitrogens with one attached hydrogen (secondary N) is 1. The van der Waals surface area contributed by atoms with E-state index in [1.807, 2.05) is 0 Å². The molecule has 2 fully saturated rings. The Bertz CT molecular complexity index is 606. The van der Waals surface area contributed by atoms with Crippen LogP contribution in [0.4, 0.5) is 0 Å². The van der Waals surface area contributed by atoms with E-state index in [4.69, 9.17) is 9.52 Å². The van der Waals surface area contributed by atoms with E-state index in [9.17, 15) is 14.4 Å². The second-order valence-corrected chi connectivity index (χ2v) is 6.29. The third-order valence-corrected chi connectivity index (χ3v) is 4.71. The monoisotopic (exact) mass is 320 g/mol. The van der Waals surface area contributed by atoms with Gasteiger partial charge in [0.1, 0.15) is 6.04 Å². The topological polar surface area (TPSA) is 99.9 Å². The Hall–Kier alpha value is -2.31. The first kappa shape index (κ1) is 15.6. The van der Waals surface area contributed by atoms with Gasteiger partial charge in [-0.05, 0) is 44.2 Å². The summed E-state index contributed by atoms with van der Waals surface area (Å²) in [5, 5.41) is 11.9. The lowest BCUT2D eigenvalue weighted by atomic mass is 10.00. The second kappa shape index (κ2) is 6.06. The van der Waals surface area contributed by atoms with Crippen LogP contribution in [0.15, 0.2) is 22.8 Å². The SMILES string of the molecule is O=C(NCC1(C(=O)O)CC1)C1CCCCN1C(=O)c1ccco1. The lowest BCUT2D eigenvalue weighted by Gasteiger charge is -2.34. The molecule has 0 spiro atoms. The second-order valence-electron chi connectivity index (χ2n) is 6.29. The molecule has 124 valence electrons. The molecular formula is C16H20N2O5. The summed E-state index contributed by atoms with van der Waals surface area (Å²) in [4.78, 5) is 37.6. The van der Waals surface area contributed by atoms with Crippen LogP contribution in [0, 0.1) is 5.41 Å². The molecule has 23 heavy (non-hydrogen) atoms. The summed E-state index contributed by atoms with van der Waals surface area (Å²) in [7, 11) is 0. The molecule has 7 heteroatoms. The van der Waals surface area contributed by atoms with Crippen LogP contribution in [0.25, 0.3) is 0 Å². The van der Waals surface area contributed by atoms with Gasteiger partial charge in [-0.2, -0.15) is 0 Å². The van der Waals surface area contributed by atoms with E-state index in [-0.39, 0.29) is 24.1 Å². The zero-order valence-corrected chi connectivity index (χ0v) is 12.8. The van der Waals surface area contributed by atoms with Gasteiger partial charge in [-0.3, -0.25) is 14.4 Å². The summed E-state index contributed by atoms with van der Waals surface area (Å²) in [6, 6.07) is 2.65. The Morgan fingerprint density at radius 1 is 1.35 bits per heavy atom. The summed E-state index contributed by atoms with van der Waals surface area (Å²) < 4.78 is 5.13. The van der Waals surface area contributed by atoms with E-state index < -0.39 is 17.4 Å². The fourth-order valence-electron chi connectivity index (χ4n) is 2.98. The molecule has 2 aliphatic rings. The fourth-order valence-corrected chi connectivity index (χ4v) is 2.98. The first-order valence-electron chi connectivity index (χ1n) is 7.89. The Kier molecular flexibility index (Phi) is 4.11. The number of carboxylic acids is 1. The molecule has 1 aliphatic heterocycles. The Morgan fingerprint density at radius 2 is 2.13 bits per heavy atom. The molecule has 0 radical (unpaired) electrons. The zero-order chi connectivity index (χ0) is 16.4. The van der Waals surface area contributed by atoms with Gasteiger partial charge in [0.25, 0.3) is 5.91 Å². The van der Waals surface area contributed by atoms with Crippen molar-refractivity contribution in [1.29, 1.82) is 0 Å². The quantitative estimate of drug-likeness (QED) is 0.850. The summed E-state index contributed by atoms with van der Waals surface area (Å²) in [5.41, 5.74) is -0.805. The standard InChI is InChI=1S/C16H20N2O5/c19-13(17-10-16(6-7-16)15(21)22)11-4-1-2-8-18(11)14(20)12-5-3-9-23-12/h3,5,9,11H,1-2,4,6-8,10H2,(H,17,19)(H,21,22). The molecule has 1 saturated heterocycles. The van der Waals surface area contributed by atoms with Gasteiger partial charge in [0.2, 0.25) is 5.91 Å². The van der Waals surface area contributed by atoms with Gasteiger partial charge < -0.3 is 19.7 Å². The highest BCUT2D eigenvalue weighted by Gasteiger charge is 2.50. The van der Waals surface area contributed by atoms with E-state index in [0.29, 0.717) is 25.8 Å². The summed E-state index contributed by atoms with van der Waals surface area (Å²) in [5.74, 6) is -1.23. The van der Waals surface area contributed by atoms with Crippen molar-refractivity contribution in [1.82, 2.24) is 10.2 Å². The number of carbonyl (C=O) groups excluding carboxylic acids is 2. The number of piperidine rings is 1. The molecule has 1 aromatic rings. The van der Waals surface area contributed by atoms with E-state index in [1.54, 1.807) is 12.1 Å². The number of carbonyl (C=O) groups is 3.